The van der Waals surface area contributed by atoms with Crippen LogP contribution in [0.25, 0.3) is 0 Å². The maximum atomic E-state index is 12.0. The van der Waals surface area contributed by atoms with E-state index in [0.717, 1.165) is 50.9 Å². The lowest BCUT2D eigenvalue weighted by atomic mass is 9.81. The number of rotatable bonds is 6. The standard InChI is InChI=1S/C17H24Cl2N2O.ClH/c1-17(7-9-20-10-8-17)12-21-16(22)4-2-3-13-5-6-14(18)15(19)11-13;/h5-6,11,20H,2-4,7-10,12H2,1H3,(H,21,22);1H. The lowest BCUT2D eigenvalue weighted by Gasteiger charge is -2.34. The van der Waals surface area contributed by atoms with Crippen molar-refractivity contribution in [3.8, 4) is 0 Å². The fourth-order valence-corrected chi connectivity index (χ4v) is 3.08. The third-order valence-corrected chi connectivity index (χ3v) is 5.12. The van der Waals surface area contributed by atoms with E-state index in [1.165, 1.54) is 0 Å². The summed E-state index contributed by atoms with van der Waals surface area (Å²) in [7, 11) is 0. The highest BCUT2D eigenvalue weighted by molar-refractivity contribution is 6.42. The van der Waals surface area contributed by atoms with Gasteiger partial charge in [-0.3, -0.25) is 4.79 Å². The Bertz CT molecular complexity index is 517. The first kappa shape index (κ1) is 20.6. The number of amides is 1. The second-order valence-electron chi connectivity index (χ2n) is 6.44. The van der Waals surface area contributed by atoms with Crippen LogP contribution in [0, 0.1) is 5.41 Å². The zero-order valence-corrected chi connectivity index (χ0v) is 15.8. The highest BCUT2D eigenvalue weighted by Crippen LogP contribution is 2.26. The monoisotopic (exact) mass is 378 g/mol. The normalized spacial score (nSPS) is 16.5. The van der Waals surface area contributed by atoms with Crippen molar-refractivity contribution in [3.05, 3.63) is 33.8 Å². The van der Waals surface area contributed by atoms with Gasteiger partial charge in [0, 0.05) is 13.0 Å². The molecule has 1 aliphatic heterocycles. The van der Waals surface area contributed by atoms with Gasteiger partial charge in [0.1, 0.15) is 0 Å². The first-order valence-corrected chi connectivity index (χ1v) is 8.65. The van der Waals surface area contributed by atoms with Crippen molar-refractivity contribution in [2.45, 2.75) is 39.0 Å². The van der Waals surface area contributed by atoms with E-state index in [2.05, 4.69) is 17.6 Å². The SMILES string of the molecule is CC1(CNC(=O)CCCc2ccc(Cl)c(Cl)c2)CCNCC1.Cl. The summed E-state index contributed by atoms with van der Waals surface area (Å²) in [4.78, 5) is 12.0. The van der Waals surface area contributed by atoms with Crippen molar-refractivity contribution in [1.29, 1.82) is 0 Å². The lowest BCUT2D eigenvalue weighted by molar-refractivity contribution is -0.121. The van der Waals surface area contributed by atoms with E-state index in [-0.39, 0.29) is 23.7 Å². The summed E-state index contributed by atoms with van der Waals surface area (Å²) in [5.74, 6) is 0.139. The number of aryl methyl sites for hydroxylation is 1. The molecule has 6 heteroatoms. The summed E-state index contributed by atoms with van der Waals surface area (Å²) in [6.07, 6.45) is 4.45. The lowest BCUT2D eigenvalue weighted by Crippen LogP contribution is -2.42. The molecule has 0 aliphatic carbocycles. The number of carbonyl (C=O) groups excluding carboxylic acids is 1. The van der Waals surface area contributed by atoms with Crippen molar-refractivity contribution in [3.63, 3.8) is 0 Å². The number of halogens is 3. The third-order valence-electron chi connectivity index (χ3n) is 4.38. The Labute approximate surface area is 154 Å². The van der Waals surface area contributed by atoms with E-state index in [9.17, 15) is 4.79 Å². The van der Waals surface area contributed by atoms with Gasteiger partial charge in [0.15, 0.2) is 0 Å². The van der Waals surface area contributed by atoms with Crippen LogP contribution in [0.3, 0.4) is 0 Å². The fourth-order valence-electron chi connectivity index (χ4n) is 2.76. The van der Waals surface area contributed by atoms with Gasteiger partial charge < -0.3 is 10.6 Å². The highest BCUT2D eigenvalue weighted by Gasteiger charge is 2.26. The summed E-state index contributed by atoms with van der Waals surface area (Å²) in [6.45, 7) is 5.12. The summed E-state index contributed by atoms with van der Waals surface area (Å²) >= 11 is 11.9. The van der Waals surface area contributed by atoms with Gasteiger partial charge in [-0.1, -0.05) is 36.2 Å². The Kier molecular flexibility index (Phi) is 8.70. The number of piperidine rings is 1. The second kappa shape index (κ2) is 9.73. The van der Waals surface area contributed by atoms with Gasteiger partial charge in [-0.15, -0.1) is 12.4 Å². The van der Waals surface area contributed by atoms with Crippen molar-refractivity contribution >= 4 is 41.5 Å². The van der Waals surface area contributed by atoms with Crippen LogP contribution in [-0.2, 0) is 11.2 Å². The zero-order chi connectivity index (χ0) is 16.0. The second-order valence-corrected chi connectivity index (χ2v) is 7.25. The molecule has 1 fully saturated rings. The van der Waals surface area contributed by atoms with Crippen LogP contribution in [0.15, 0.2) is 18.2 Å². The van der Waals surface area contributed by atoms with Crippen molar-refractivity contribution in [1.82, 2.24) is 10.6 Å². The molecule has 1 aliphatic rings. The largest absolute Gasteiger partial charge is 0.356 e. The maximum absolute atomic E-state index is 12.0. The molecule has 0 bridgehead atoms. The van der Waals surface area contributed by atoms with Gasteiger partial charge in [-0.2, -0.15) is 0 Å². The van der Waals surface area contributed by atoms with E-state index in [1.807, 2.05) is 12.1 Å². The molecule has 23 heavy (non-hydrogen) atoms. The minimum Gasteiger partial charge on any atom is -0.356 e. The van der Waals surface area contributed by atoms with Crippen LogP contribution in [0.4, 0.5) is 0 Å². The number of hydrogen-bond donors (Lipinski definition) is 2. The Morgan fingerprint density at radius 1 is 1.26 bits per heavy atom. The molecule has 3 nitrogen and oxygen atoms in total. The summed E-state index contributed by atoms with van der Waals surface area (Å²) in [5, 5.41) is 7.58. The van der Waals surface area contributed by atoms with Gasteiger partial charge in [-0.25, -0.2) is 0 Å². The summed E-state index contributed by atoms with van der Waals surface area (Å²) < 4.78 is 0. The predicted molar refractivity (Wildman–Crippen MR) is 99.9 cm³/mol. The molecule has 2 N–H and O–H groups in total. The molecule has 0 saturated carbocycles. The van der Waals surface area contributed by atoms with Crippen LogP contribution < -0.4 is 10.6 Å². The Hall–Kier alpha value is -0.480. The van der Waals surface area contributed by atoms with Crippen molar-refractivity contribution in [2.75, 3.05) is 19.6 Å². The van der Waals surface area contributed by atoms with Gasteiger partial charge in [0.25, 0.3) is 0 Å². The van der Waals surface area contributed by atoms with E-state index in [4.69, 9.17) is 23.2 Å². The van der Waals surface area contributed by atoms with Crippen LogP contribution in [0.2, 0.25) is 10.0 Å². The minimum atomic E-state index is 0. The van der Waals surface area contributed by atoms with E-state index in [1.54, 1.807) is 6.07 Å². The number of carbonyl (C=O) groups is 1. The van der Waals surface area contributed by atoms with Gasteiger partial charge in [0.2, 0.25) is 5.91 Å². The van der Waals surface area contributed by atoms with Crippen LogP contribution >= 0.6 is 35.6 Å². The van der Waals surface area contributed by atoms with Crippen molar-refractivity contribution in [2.24, 2.45) is 5.41 Å². The molecule has 0 spiro atoms. The fraction of sp³-hybridized carbons (Fsp3) is 0.588. The first-order chi connectivity index (χ1) is 10.5. The third kappa shape index (κ3) is 6.88. The van der Waals surface area contributed by atoms with Gasteiger partial charge in [0.05, 0.1) is 10.0 Å². The van der Waals surface area contributed by atoms with Gasteiger partial charge >= 0.3 is 0 Å². The van der Waals surface area contributed by atoms with E-state index < -0.39 is 0 Å². The van der Waals surface area contributed by atoms with Crippen molar-refractivity contribution < 1.29 is 4.79 Å². The summed E-state index contributed by atoms with van der Waals surface area (Å²) in [6, 6.07) is 5.64. The predicted octanol–water partition coefficient (Wildman–Crippen LogP) is 4.24. The Morgan fingerprint density at radius 3 is 2.61 bits per heavy atom. The number of nitrogens with one attached hydrogen (secondary N) is 2. The molecule has 1 aromatic carbocycles. The molecular formula is C17H25Cl3N2O. The molecule has 0 aromatic heterocycles. The average molecular weight is 380 g/mol. The topological polar surface area (TPSA) is 41.1 Å². The van der Waals surface area contributed by atoms with Crippen LogP contribution in [0.1, 0.15) is 38.2 Å². The maximum Gasteiger partial charge on any atom is 0.220 e. The molecule has 1 amide bonds. The average Bonchev–Trinajstić information content (AvgIpc) is 2.50. The molecule has 130 valence electrons. The van der Waals surface area contributed by atoms with Crippen LogP contribution in [-0.4, -0.2) is 25.5 Å². The van der Waals surface area contributed by atoms with E-state index >= 15 is 0 Å². The molecule has 1 heterocycles. The first-order valence-electron chi connectivity index (χ1n) is 7.90. The molecule has 0 radical (unpaired) electrons. The molecule has 1 saturated heterocycles. The summed E-state index contributed by atoms with van der Waals surface area (Å²) in [5.41, 5.74) is 1.36. The molecule has 0 unspecified atom stereocenters. The number of hydrogen-bond acceptors (Lipinski definition) is 2. The minimum absolute atomic E-state index is 0. The van der Waals surface area contributed by atoms with Crippen LogP contribution in [0.5, 0.6) is 0 Å². The zero-order valence-electron chi connectivity index (χ0n) is 13.5. The molecule has 1 aromatic rings. The number of benzene rings is 1. The molecule has 2 rings (SSSR count). The smallest absolute Gasteiger partial charge is 0.220 e. The van der Waals surface area contributed by atoms with E-state index in [0.29, 0.717) is 16.5 Å². The Morgan fingerprint density at radius 2 is 1.96 bits per heavy atom. The van der Waals surface area contributed by atoms with Gasteiger partial charge in [-0.05, 0) is 61.9 Å². The Balaban J connectivity index is 0.00000264. The molecule has 0 atom stereocenters. The molecular weight excluding hydrogens is 355 g/mol. The highest BCUT2D eigenvalue weighted by atomic mass is 35.5. The quantitative estimate of drug-likeness (QED) is 0.776.